The Morgan fingerprint density at radius 2 is 0.694 bits per heavy atom. The SMILES string of the molecule is CC(C)(C)c1cc2c(O)c(c1)Sc1cc(C(C)(C)C)cc(c1OCCSc1nc3ccccc3s1)Sc1cc(C(C)(C)C)cc(c1O)Sc1cc(C(C)(C)C)cc(c1OCCSc1nc3ccccc3s1)S2. The second kappa shape index (κ2) is 21.2. The third kappa shape index (κ3) is 12.2. The summed E-state index contributed by atoms with van der Waals surface area (Å²) in [6, 6.07) is 34.0. The Hall–Kier alpha value is -3.60. The molecule has 72 heavy (non-hydrogen) atoms. The molecule has 2 aromatic heterocycles. The number of para-hydroxylation sites is 2. The van der Waals surface area contributed by atoms with Crippen LogP contribution in [0.25, 0.3) is 20.4 Å². The van der Waals surface area contributed by atoms with Crippen LogP contribution in [0.5, 0.6) is 23.0 Å². The molecular weight excluding hydrogens is 1050 g/mol. The highest BCUT2D eigenvalue weighted by Gasteiger charge is 2.30. The third-order valence-corrected chi connectivity index (χ3v) is 20.6. The van der Waals surface area contributed by atoms with Gasteiger partial charge in [0.2, 0.25) is 0 Å². The Morgan fingerprint density at radius 1 is 0.417 bits per heavy atom. The fourth-order valence-electron chi connectivity index (χ4n) is 7.79. The zero-order valence-electron chi connectivity index (χ0n) is 42.9. The molecule has 0 saturated carbocycles. The summed E-state index contributed by atoms with van der Waals surface area (Å²) in [5, 5.41) is 25.4. The van der Waals surface area contributed by atoms with Gasteiger partial charge in [0.15, 0.2) is 8.68 Å². The second-order valence-corrected chi connectivity index (χ2v) is 31.0. The minimum Gasteiger partial charge on any atom is -0.506 e. The highest BCUT2D eigenvalue weighted by atomic mass is 32.2. The lowest BCUT2D eigenvalue weighted by molar-refractivity contribution is 0.326. The zero-order chi connectivity index (χ0) is 51.3. The molecule has 2 N–H and O–H groups in total. The van der Waals surface area contributed by atoms with Crippen molar-refractivity contribution in [2.75, 3.05) is 24.7 Å². The van der Waals surface area contributed by atoms with Gasteiger partial charge in [-0.25, -0.2) is 9.97 Å². The molecule has 6 nitrogen and oxygen atoms in total. The lowest BCUT2D eigenvalue weighted by atomic mass is 9.87. The van der Waals surface area contributed by atoms with Crippen molar-refractivity contribution < 1.29 is 19.7 Å². The Kier molecular flexibility index (Phi) is 15.7. The van der Waals surface area contributed by atoms with Gasteiger partial charge in [0.25, 0.3) is 0 Å². The third-order valence-electron chi connectivity index (χ3n) is 12.1. The molecule has 0 amide bonds. The number of aromatic hydroxyl groups is 2. The number of nitrogens with zero attached hydrogens (tertiary/aromatic N) is 2. The molecule has 8 bridgehead atoms. The average molecular weight is 1110 g/mol. The highest BCUT2D eigenvalue weighted by molar-refractivity contribution is 8.02. The van der Waals surface area contributed by atoms with E-state index >= 15 is 0 Å². The number of rotatable bonds is 10. The average Bonchev–Trinajstić information content (AvgIpc) is 3.92. The molecule has 0 saturated heterocycles. The molecule has 1 aliphatic heterocycles. The van der Waals surface area contributed by atoms with E-state index in [2.05, 4.69) is 168 Å². The number of phenolic OH excluding ortho intramolecular Hbond substituents is 2. The predicted octanol–water partition coefficient (Wildman–Crippen LogP) is 18.8. The topological polar surface area (TPSA) is 84.7 Å². The normalized spacial score (nSPS) is 13.5. The maximum absolute atomic E-state index is 12.7. The van der Waals surface area contributed by atoms with Crippen LogP contribution in [-0.2, 0) is 21.7 Å². The first-order valence-electron chi connectivity index (χ1n) is 24.0. The molecule has 0 aliphatic carbocycles. The number of thioether (sulfide) groups is 2. The first-order chi connectivity index (χ1) is 34.0. The molecule has 8 aromatic rings. The Labute approximate surface area is 459 Å². The van der Waals surface area contributed by atoms with Gasteiger partial charge in [0.05, 0.1) is 72.8 Å². The highest BCUT2D eigenvalue weighted by Crippen LogP contribution is 2.56. The Balaban J connectivity index is 1.20. The molecule has 0 radical (unpaired) electrons. The molecule has 376 valence electrons. The number of phenols is 2. The van der Waals surface area contributed by atoms with Crippen molar-refractivity contribution >= 4 is 114 Å². The smallest absolute Gasteiger partial charge is 0.151 e. The molecule has 3 heterocycles. The van der Waals surface area contributed by atoms with E-state index in [-0.39, 0.29) is 33.2 Å². The van der Waals surface area contributed by atoms with Gasteiger partial charge in [-0.3, -0.25) is 0 Å². The van der Waals surface area contributed by atoms with Gasteiger partial charge >= 0.3 is 0 Å². The number of thiazole rings is 2. The summed E-state index contributed by atoms with van der Waals surface area (Å²) in [4.78, 5) is 16.3. The van der Waals surface area contributed by atoms with E-state index in [1.807, 2.05) is 12.1 Å². The van der Waals surface area contributed by atoms with Crippen molar-refractivity contribution in [1.82, 2.24) is 9.97 Å². The summed E-state index contributed by atoms with van der Waals surface area (Å²) in [5.74, 6) is 3.24. The minimum absolute atomic E-state index is 0.211. The van der Waals surface area contributed by atoms with Gasteiger partial charge in [-0.05, 0) is 117 Å². The number of ether oxygens (including phenoxy) is 2. The maximum Gasteiger partial charge on any atom is 0.151 e. The van der Waals surface area contributed by atoms with Gasteiger partial charge in [-0.2, -0.15) is 0 Å². The van der Waals surface area contributed by atoms with E-state index < -0.39 is 0 Å². The van der Waals surface area contributed by atoms with E-state index in [1.165, 1.54) is 56.4 Å². The number of hydrogen-bond donors (Lipinski definition) is 2. The number of benzene rings is 6. The van der Waals surface area contributed by atoms with Crippen LogP contribution in [0, 0.1) is 0 Å². The number of hydrogen-bond acceptors (Lipinski definition) is 14. The first kappa shape index (κ1) is 53.2. The van der Waals surface area contributed by atoms with Crippen molar-refractivity contribution in [1.29, 1.82) is 0 Å². The summed E-state index contributed by atoms with van der Waals surface area (Å²) in [6.45, 7) is 27.5. The summed E-state index contributed by atoms with van der Waals surface area (Å²) < 4.78 is 18.4. The van der Waals surface area contributed by atoms with Crippen LogP contribution in [0.3, 0.4) is 0 Å². The molecular formula is C58H62N2O4S8. The van der Waals surface area contributed by atoms with Crippen LogP contribution in [0.1, 0.15) is 105 Å². The van der Waals surface area contributed by atoms with Crippen LogP contribution in [0.4, 0.5) is 0 Å². The number of aromatic nitrogens is 2. The maximum atomic E-state index is 12.7. The summed E-state index contributed by atoms with van der Waals surface area (Å²) in [5.41, 5.74) is 5.55. The number of fused-ring (bicyclic) bond motifs is 10. The van der Waals surface area contributed by atoms with E-state index in [0.717, 1.165) is 92.6 Å². The van der Waals surface area contributed by atoms with Crippen LogP contribution < -0.4 is 9.47 Å². The van der Waals surface area contributed by atoms with Gasteiger partial charge in [0, 0.05) is 11.5 Å². The lowest BCUT2D eigenvalue weighted by Gasteiger charge is -2.27. The fourth-order valence-corrected chi connectivity index (χ4v) is 16.3. The van der Waals surface area contributed by atoms with Crippen LogP contribution >= 0.6 is 93.2 Å². The lowest BCUT2D eigenvalue weighted by Crippen LogP contribution is -2.13. The Morgan fingerprint density at radius 3 is 0.972 bits per heavy atom. The van der Waals surface area contributed by atoms with Gasteiger partial charge in [0.1, 0.15) is 23.0 Å². The van der Waals surface area contributed by atoms with Crippen molar-refractivity contribution in [2.24, 2.45) is 0 Å². The monoisotopic (exact) mass is 1110 g/mol. The van der Waals surface area contributed by atoms with Crippen LogP contribution in [-0.4, -0.2) is 44.9 Å². The molecule has 0 atom stereocenters. The van der Waals surface area contributed by atoms with E-state index in [9.17, 15) is 10.2 Å². The minimum atomic E-state index is -0.235. The van der Waals surface area contributed by atoms with Crippen molar-refractivity contribution in [3.8, 4) is 23.0 Å². The molecule has 1 aliphatic rings. The molecule has 9 rings (SSSR count). The van der Waals surface area contributed by atoms with Crippen LogP contribution in [0.15, 0.2) is 145 Å². The largest absolute Gasteiger partial charge is 0.506 e. The molecule has 0 fully saturated rings. The van der Waals surface area contributed by atoms with Crippen molar-refractivity contribution in [3.05, 3.63) is 119 Å². The molecule has 0 unspecified atom stereocenters. The summed E-state index contributed by atoms with van der Waals surface area (Å²) >= 11 is 12.9. The van der Waals surface area contributed by atoms with Gasteiger partial charge in [-0.15, -0.1) is 22.7 Å². The van der Waals surface area contributed by atoms with Gasteiger partial charge in [-0.1, -0.05) is 178 Å². The molecule has 0 spiro atoms. The van der Waals surface area contributed by atoms with E-state index in [1.54, 1.807) is 46.2 Å². The van der Waals surface area contributed by atoms with Crippen LogP contribution in [0.2, 0.25) is 0 Å². The quantitative estimate of drug-likeness (QED) is 0.101. The zero-order valence-corrected chi connectivity index (χ0v) is 49.5. The molecule has 6 aromatic carbocycles. The standard InChI is InChI=1S/C58H62N2O4S8/c1-55(2,3)33-25-41-49(61)42(26-33)68-46-30-36(58(10,11)12)32-48(52(46)64-22-24-66-54-60-38-18-14-16-20-40(38)72-54)70-44-28-34(56(4,5)6)27-43(50(44)62)69-47-31-35(57(7,8)9)29-45(67-41)51(47)63-21-23-65-53-59-37-17-13-15-19-39(37)71-53/h13-20,25-32,61-62H,21-24H2,1-12H3. The first-order valence-corrected chi connectivity index (χ1v) is 30.9. The summed E-state index contributed by atoms with van der Waals surface area (Å²) in [7, 11) is 0. The predicted molar refractivity (Wildman–Crippen MR) is 312 cm³/mol. The summed E-state index contributed by atoms with van der Waals surface area (Å²) in [6.07, 6.45) is 0. The second-order valence-electron chi connectivity index (χ2n) is 21.9. The van der Waals surface area contributed by atoms with Crippen molar-refractivity contribution in [3.63, 3.8) is 0 Å². The van der Waals surface area contributed by atoms with E-state index in [0.29, 0.717) is 24.7 Å². The molecule has 14 heteroatoms. The van der Waals surface area contributed by atoms with Gasteiger partial charge < -0.3 is 19.7 Å². The fraction of sp³-hybridized carbons (Fsp3) is 0.345. The Bertz CT molecular complexity index is 2920. The van der Waals surface area contributed by atoms with E-state index in [4.69, 9.17) is 19.4 Å². The van der Waals surface area contributed by atoms with Crippen molar-refractivity contribution in [2.45, 2.75) is 153 Å².